The molecule has 240 valence electrons. The minimum absolute atomic E-state index is 0.621. The van der Waals surface area contributed by atoms with E-state index in [0.717, 1.165) is 62.4 Å². The molecular formula is C47H31N3O. The Morgan fingerprint density at radius 1 is 0.471 bits per heavy atom. The third kappa shape index (κ3) is 5.12. The van der Waals surface area contributed by atoms with Crippen LogP contribution in [-0.4, -0.2) is 15.0 Å². The highest BCUT2D eigenvalue weighted by atomic mass is 16.3. The van der Waals surface area contributed by atoms with E-state index in [9.17, 15) is 0 Å². The van der Waals surface area contributed by atoms with E-state index >= 15 is 0 Å². The van der Waals surface area contributed by atoms with Gasteiger partial charge < -0.3 is 4.42 Å². The summed E-state index contributed by atoms with van der Waals surface area (Å²) in [5.41, 5.74) is 9.44. The summed E-state index contributed by atoms with van der Waals surface area (Å²) in [7, 11) is 0. The van der Waals surface area contributed by atoms with E-state index in [2.05, 4.69) is 133 Å². The third-order valence-electron chi connectivity index (χ3n) is 9.99. The highest BCUT2D eigenvalue weighted by molar-refractivity contribution is 6.19. The second kappa shape index (κ2) is 12.0. The van der Waals surface area contributed by atoms with Gasteiger partial charge in [-0.25, -0.2) is 15.0 Å². The van der Waals surface area contributed by atoms with Crippen LogP contribution in [0.2, 0.25) is 0 Å². The number of hydrogen-bond acceptors (Lipinski definition) is 4. The van der Waals surface area contributed by atoms with Gasteiger partial charge in [-0.1, -0.05) is 140 Å². The van der Waals surface area contributed by atoms with Gasteiger partial charge in [0.25, 0.3) is 0 Å². The van der Waals surface area contributed by atoms with Gasteiger partial charge in [-0.05, 0) is 75.5 Å². The van der Waals surface area contributed by atoms with E-state index in [1.165, 1.54) is 32.9 Å². The van der Waals surface area contributed by atoms with E-state index in [-0.39, 0.29) is 0 Å². The second-order valence-corrected chi connectivity index (χ2v) is 13.1. The van der Waals surface area contributed by atoms with E-state index < -0.39 is 0 Å². The molecule has 2 heterocycles. The molecule has 0 radical (unpaired) electrons. The minimum Gasteiger partial charge on any atom is -0.455 e. The number of aromatic nitrogens is 3. The summed E-state index contributed by atoms with van der Waals surface area (Å²) in [6, 6.07) is 50.7. The van der Waals surface area contributed by atoms with Crippen LogP contribution >= 0.6 is 0 Å². The molecule has 0 fully saturated rings. The summed E-state index contributed by atoms with van der Waals surface area (Å²) in [6.45, 7) is 0. The summed E-state index contributed by atoms with van der Waals surface area (Å²) in [6.07, 6.45) is 8.66. The van der Waals surface area contributed by atoms with E-state index in [1.54, 1.807) is 0 Å². The Labute approximate surface area is 295 Å². The monoisotopic (exact) mass is 653 g/mol. The first-order valence-electron chi connectivity index (χ1n) is 17.4. The summed E-state index contributed by atoms with van der Waals surface area (Å²) in [5.74, 6) is 1.89. The lowest BCUT2D eigenvalue weighted by atomic mass is 9.91. The van der Waals surface area contributed by atoms with Crippen LogP contribution in [0.4, 0.5) is 0 Å². The molecule has 1 aliphatic carbocycles. The van der Waals surface area contributed by atoms with Crippen LogP contribution in [0.1, 0.15) is 18.4 Å². The molecule has 0 spiro atoms. The Hall–Kier alpha value is -6.65. The maximum absolute atomic E-state index is 6.65. The molecule has 4 nitrogen and oxygen atoms in total. The SMILES string of the molecule is C1=CCCC(c2cc3ccccc3c3oc4ccc(-c5nc(-c6ccccc6)nc(-c6ccc(-c7cccc8ccccc78)cc6)n5)cc4c23)=C1. The quantitative estimate of drug-likeness (QED) is 0.185. The van der Waals surface area contributed by atoms with Crippen molar-refractivity contribution in [3.8, 4) is 45.3 Å². The van der Waals surface area contributed by atoms with Crippen molar-refractivity contribution >= 4 is 49.1 Å². The minimum atomic E-state index is 0.621. The molecule has 10 rings (SSSR count). The van der Waals surface area contributed by atoms with Gasteiger partial charge in [-0.15, -0.1) is 0 Å². The topological polar surface area (TPSA) is 51.8 Å². The molecular weight excluding hydrogens is 623 g/mol. The van der Waals surface area contributed by atoms with Gasteiger partial charge in [0.2, 0.25) is 0 Å². The number of hydrogen-bond donors (Lipinski definition) is 0. The van der Waals surface area contributed by atoms with E-state index in [0.29, 0.717) is 17.5 Å². The Balaban J connectivity index is 1.14. The average Bonchev–Trinajstić information content (AvgIpc) is 3.60. The summed E-state index contributed by atoms with van der Waals surface area (Å²) < 4.78 is 6.65. The first kappa shape index (κ1) is 29.3. The smallest absolute Gasteiger partial charge is 0.164 e. The van der Waals surface area contributed by atoms with Crippen LogP contribution < -0.4 is 0 Å². The van der Waals surface area contributed by atoms with Crippen LogP contribution in [0.15, 0.2) is 168 Å². The lowest BCUT2D eigenvalue weighted by Crippen LogP contribution is -2.00. The molecule has 51 heavy (non-hydrogen) atoms. The number of fused-ring (bicyclic) bond motifs is 6. The fraction of sp³-hybridized carbons (Fsp3) is 0.0426. The Morgan fingerprint density at radius 2 is 1.12 bits per heavy atom. The lowest BCUT2D eigenvalue weighted by molar-refractivity contribution is 0.672. The normalized spacial score (nSPS) is 13.0. The van der Waals surface area contributed by atoms with Gasteiger partial charge >= 0.3 is 0 Å². The van der Waals surface area contributed by atoms with Gasteiger partial charge in [0.15, 0.2) is 17.5 Å². The Kier molecular flexibility index (Phi) is 6.91. The van der Waals surface area contributed by atoms with Crippen LogP contribution in [0, 0.1) is 0 Å². The first-order valence-corrected chi connectivity index (χ1v) is 17.4. The Bertz CT molecular complexity index is 2840. The average molecular weight is 654 g/mol. The largest absolute Gasteiger partial charge is 0.455 e. The van der Waals surface area contributed by atoms with Crippen molar-refractivity contribution in [2.24, 2.45) is 0 Å². The van der Waals surface area contributed by atoms with Gasteiger partial charge in [0.1, 0.15) is 11.2 Å². The van der Waals surface area contributed by atoms with Crippen LogP contribution in [0.25, 0.3) is 94.3 Å². The maximum Gasteiger partial charge on any atom is 0.164 e. The molecule has 0 atom stereocenters. The van der Waals surface area contributed by atoms with Crippen molar-refractivity contribution < 1.29 is 4.42 Å². The molecule has 2 aromatic heterocycles. The number of furan rings is 1. The third-order valence-corrected chi connectivity index (χ3v) is 9.99. The van der Waals surface area contributed by atoms with Gasteiger partial charge in [0, 0.05) is 32.8 Å². The van der Waals surface area contributed by atoms with Crippen molar-refractivity contribution in [2.75, 3.05) is 0 Å². The fourth-order valence-corrected chi connectivity index (χ4v) is 7.46. The van der Waals surface area contributed by atoms with Crippen molar-refractivity contribution in [3.63, 3.8) is 0 Å². The molecule has 0 unspecified atom stereocenters. The predicted octanol–water partition coefficient (Wildman–Crippen LogP) is 12.5. The number of nitrogens with zero attached hydrogens (tertiary/aromatic N) is 3. The molecule has 0 aliphatic heterocycles. The van der Waals surface area contributed by atoms with Crippen molar-refractivity contribution in [3.05, 3.63) is 169 Å². The summed E-state index contributed by atoms with van der Waals surface area (Å²) in [4.78, 5) is 15.2. The molecule has 0 amide bonds. The number of benzene rings is 7. The van der Waals surface area contributed by atoms with Crippen molar-refractivity contribution in [1.82, 2.24) is 15.0 Å². The molecule has 7 aromatic carbocycles. The van der Waals surface area contributed by atoms with Gasteiger partial charge in [-0.2, -0.15) is 0 Å². The zero-order chi connectivity index (χ0) is 33.7. The fourth-order valence-electron chi connectivity index (χ4n) is 7.46. The van der Waals surface area contributed by atoms with E-state index in [4.69, 9.17) is 19.4 Å². The summed E-state index contributed by atoms with van der Waals surface area (Å²) in [5, 5.41) is 6.94. The molecule has 9 aromatic rings. The second-order valence-electron chi connectivity index (χ2n) is 13.1. The molecule has 0 N–H and O–H groups in total. The van der Waals surface area contributed by atoms with Crippen LogP contribution in [-0.2, 0) is 0 Å². The standard InChI is InChI=1S/C47H31N3O/c1-3-12-31(13-4-1)40-28-35-17-8-10-20-39(35)44-43(40)41-29-36(26-27-42(41)51-44)47-49-45(33-15-5-2-6-16-33)48-46(50-47)34-24-22-32(23-25-34)38-21-11-18-30-14-7-9-19-37(30)38/h1-3,5-12,14-29H,4,13H2. The number of rotatable bonds is 5. The first-order chi connectivity index (χ1) is 25.3. The van der Waals surface area contributed by atoms with Crippen molar-refractivity contribution in [2.45, 2.75) is 12.8 Å². The molecule has 0 saturated carbocycles. The number of allylic oxidation sites excluding steroid dienone is 4. The zero-order valence-corrected chi connectivity index (χ0v) is 27.8. The maximum atomic E-state index is 6.65. The predicted molar refractivity (Wildman–Crippen MR) is 210 cm³/mol. The zero-order valence-electron chi connectivity index (χ0n) is 27.8. The van der Waals surface area contributed by atoms with Crippen LogP contribution in [0.5, 0.6) is 0 Å². The Morgan fingerprint density at radius 3 is 1.90 bits per heavy atom. The molecule has 1 aliphatic rings. The van der Waals surface area contributed by atoms with Gasteiger partial charge in [-0.3, -0.25) is 0 Å². The summed E-state index contributed by atoms with van der Waals surface area (Å²) >= 11 is 0. The lowest BCUT2D eigenvalue weighted by Gasteiger charge is -2.13. The molecule has 0 saturated heterocycles. The van der Waals surface area contributed by atoms with E-state index in [1.807, 2.05) is 30.3 Å². The van der Waals surface area contributed by atoms with Gasteiger partial charge in [0.05, 0.1) is 0 Å². The molecule has 0 bridgehead atoms. The van der Waals surface area contributed by atoms with Crippen LogP contribution in [0.3, 0.4) is 0 Å². The molecule has 4 heteroatoms. The van der Waals surface area contributed by atoms with Crippen molar-refractivity contribution in [1.29, 1.82) is 0 Å². The highest BCUT2D eigenvalue weighted by Crippen LogP contribution is 2.42. The highest BCUT2D eigenvalue weighted by Gasteiger charge is 2.20.